The highest BCUT2D eigenvalue weighted by Gasteiger charge is 2.09. The molecule has 0 rings (SSSR count). The zero-order valence-electron chi connectivity index (χ0n) is 24.8. The average Bonchev–Trinajstić information content (AvgIpc) is 2.82. The van der Waals surface area contributed by atoms with Crippen LogP contribution in [0.3, 0.4) is 0 Å². The third-order valence-electron chi connectivity index (χ3n) is 6.84. The number of unbranched alkanes of at least 4 members (excludes halogenated alkanes) is 3. The molecule has 0 aliphatic rings. The average molecular weight is 483 g/mol. The lowest BCUT2D eigenvalue weighted by molar-refractivity contribution is 0.218. The first-order valence-electron chi connectivity index (χ1n) is 15.5. The third-order valence-corrected chi connectivity index (χ3v) is 6.84. The number of nitrogens with zero attached hydrogens (tertiary/aromatic N) is 4. The van der Waals surface area contributed by atoms with Gasteiger partial charge in [0.2, 0.25) is 0 Å². The van der Waals surface area contributed by atoms with Gasteiger partial charge in [0.1, 0.15) is 0 Å². The second-order valence-electron chi connectivity index (χ2n) is 10.5. The van der Waals surface area contributed by atoms with Crippen LogP contribution in [0.2, 0.25) is 0 Å². The lowest BCUT2D eigenvalue weighted by atomic mass is 10.2. The standard InChI is InChI=1S/C30H66N4/c1-7-19-31(20-8-2)25-13-16-28-34(29-17-14-26-32(21-9-3)22-10-4)30-18-15-27-33(23-11-5)24-12-6/h7-30H2,1-6H3. The fourth-order valence-corrected chi connectivity index (χ4v) is 5.25. The van der Waals surface area contributed by atoms with Crippen LogP contribution in [-0.2, 0) is 0 Å². The quantitative estimate of drug-likeness (QED) is 0.117. The Morgan fingerprint density at radius 3 is 0.529 bits per heavy atom. The van der Waals surface area contributed by atoms with Crippen LogP contribution in [-0.4, -0.2) is 98.1 Å². The molecule has 0 aliphatic heterocycles. The van der Waals surface area contributed by atoms with Crippen molar-refractivity contribution in [3.8, 4) is 0 Å². The molecule has 0 bridgehead atoms. The minimum Gasteiger partial charge on any atom is -0.303 e. The topological polar surface area (TPSA) is 13.0 Å². The van der Waals surface area contributed by atoms with Crippen molar-refractivity contribution in [2.24, 2.45) is 0 Å². The molecule has 0 fully saturated rings. The number of rotatable bonds is 27. The van der Waals surface area contributed by atoms with E-state index in [0.29, 0.717) is 0 Å². The normalized spacial score (nSPS) is 12.2. The highest BCUT2D eigenvalue weighted by molar-refractivity contribution is 4.65. The van der Waals surface area contributed by atoms with Crippen LogP contribution < -0.4 is 0 Å². The molecule has 0 atom stereocenters. The maximum atomic E-state index is 2.80. The van der Waals surface area contributed by atoms with Gasteiger partial charge < -0.3 is 19.6 Å². The van der Waals surface area contributed by atoms with Crippen LogP contribution >= 0.6 is 0 Å². The summed E-state index contributed by atoms with van der Waals surface area (Å²) in [5, 5.41) is 0. The first-order chi connectivity index (χ1) is 16.6. The summed E-state index contributed by atoms with van der Waals surface area (Å²) in [5.74, 6) is 0. The van der Waals surface area contributed by atoms with Gasteiger partial charge in [-0.3, -0.25) is 0 Å². The molecular weight excluding hydrogens is 416 g/mol. The first-order valence-corrected chi connectivity index (χ1v) is 15.5. The van der Waals surface area contributed by atoms with Gasteiger partial charge in [0.25, 0.3) is 0 Å². The van der Waals surface area contributed by atoms with Crippen LogP contribution in [0.15, 0.2) is 0 Å². The molecule has 0 amide bonds. The van der Waals surface area contributed by atoms with Crippen molar-refractivity contribution in [1.29, 1.82) is 0 Å². The number of hydrogen-bond donors (Lipinski definition) is 0. The van der Waals surface area contributed by atoms with Gasteiger partial charge in [-0.25, -0.2) is 0 Å². The molecule has 0 radical (unpaired) electrons. The zero-order chi connectivity index (χ0) is 25.3. The minimum atomic E-state index is 1.27. The van der Waals surface area contributed by atoms with Crippen LogP contribution in [0.25, 0.3) is 0 Å². The van der Waals surface area contributed by atoms with Crippen molar-refractivity contribution >= 4 is 0 Å². The Balaban J connectivity index is 4.45. The van der Waals surface area contributed by atoms with Gasteiger partial charge in [0.05, 0.1) is 0 Å². The highest BCUT2D eigenvalue weighted by atomic mass is 15.1. The lowest BCUT2D eigenvalue weighted by Gasteiger charge is -2.26. The molecule has 0 spiro atoms. The van der Waals surface area contributed by atoms with Crippen molar-refractivity contribution in [3.05, 3.63) is 0 Å². The van der Waals surface area contributed by atoms with Crippen molar-refractivity contribution in [2.45, 2.75) is 119 Å². The predicted molar refractivity (Wildman–Crippen MR) is 155 cm³/mol. The summed E-state index contributed by atoms with van der Waals surface area (Å²) in [6.45, 7) is 29.3. The second kappa shape index (κ2) is 25.9. The molecule has 0 aromatic rings. The Hall–Kier alpha value is -0.160. The number of hydrogen-bond acceptors (Lipinski definition) is 4. The zero-order valence-corrected chi connectivity index (χ0v) is 24.8. The second-order valence-corrected chi connectivity index (χ2v) is 10.5. The summed E-state index contributed by atoms with van der Waals surface area (Å²) < 4.78 is 0. The smallest absolute Gasteiger partial charge is 0.00183 e. The van der Waals surface area contributed by atoms with E-state index in [-0.39, 0.29) is 0 Å². The van der Waals surface area contributed by atoms with Crippen LogP contribution in [0.5, 0.6) is 0 Å². The molecule has 0 saturated heterocycles. The molecule has 0 aromatic carbocycles. The molecule has 4 nitrogen and oxygen atoms in total. The maximum absolute atomic E-state index is 2.80. The van der Waals surface area contributed by atoms with Crippen LogP contribution in [0.1, 0.15) is 119 Å². The monoisotopic (exact) mass is 483 g/mol. The van der Waals surface area contributed by atoms with E-state index in [4.69, 9.17) is 0 Å². The Morgan fingerprint density at radius 2 is 0.382 bits per heavy atom. The molecule has 34 heavy (non-hydrogen) atoms. The summed E-state index contributed by atoms with van der Waals surface area (Å²) in [4.78, 5) is 10.8. The van der Waals surface area contributed by atoms with E-state index < -0.39 is 0 Å². The van der Waals surface area contributed by atoms with Gasteiger partial charge in [0, 0.05) is 0 Å². The van der Waals surface area contributed by atoms with Gasteiger partial charge in [0.15, 0.2) is 0 Å². The maximum Gasteiger partial charge on any atom is -0.00183 e. The van der Waals surface area contributed by atoms with Crippen molar-refractivity contribution < 1.29 is 0 Å². The van der Waals surface area contributed by atoms with Crippen LogP contribution in [0, 0.1) is 0 Å². The van der Waals surface area contributed by atoms with E-state index in [9.17, 15) is 0 Å². The molecule has 0 N–H and O–H groups in total. The first kappa shape index (κ1) is 33.8. The van der Waals surface area contributed by atoms with Crippen molar-refractivity contribution in [1.82, 2.24) is 19.6 Å². The lowest BCUT2D eigenvalue weighted by Crippen LogP contribution is -2.31. The molecule has 0 unspecified atom stereocenters. The molecule has 0 aliphatic carbocycles. The summed E-state index contributed by atoms with van der Waals surface area (Å²) in [6.07, 6.45) is 15.9. The molecular formula is C30H66N4. The van der Waals surface area contributed by atoms with Gasteiger partial charge >= 0.3 is 0 Å². The Kier molecular flexibility index (Phi) is 25.8. The highest BCUT2D eigenvalue weighted by Crippen LogP contribution is 2.07. The Labute approximate surface area is 216 Å². The summed E-state index contributed by atoms with van der Waals surface area (Å²) in [5.41, 5.74) is 0. The Bertz CT molecular complexity index is 315. The third kappa shape index (κ3) is 20.1. The van der Waals surface area contributed by atoms with E-state index in [1.54, 1.807) is 0 Å². The van der Waals surface area contributed by atoms with E-state index in [1.165, 1.54) is 156 Å². The largest absolute Gasteiger partial charge is 0.303 e. The van der Waals surface area contributed by atoms with E-state index in [2.05, 4.69) is 61.1 Å². The van der Waals surface area contributed by atoms with Gasteiger partial charge in [-0.05, 0) is 156 Å². The summed E-state index contributed by atoms with van der Waals surface area (Å²) in [7, 11) is 0. The molecule has 206 valence electrons. The summed E-state index contributed by atoms with van der Waals surface area (Å²) in [6, 6.07) is 0. The molecule has 4 heteroatoms. The molecule has 0 saturated carbocycles. The molecule has 0 aromatic heterocycles. The fourth-order valence-electron chi connectivity index (χ4n) is 5.25. The summed E-state index contributed by atoms with van der Waals surface area (Å²) >= 11 is 0. The van der Waals surface area contributed by atoms with E-state index in [0.717, 1.165) is 0 Å². The van der Waals surface area contributed by atoms with E-state index in [1.807, 2.05) is 0 Å². The minimum absolute atomic E-state index is 1.27. The van der Waals surface area contributed by atoms with Gasteiger partial charge in [-0.15, -0.1) is 0 Å². The molecule has 0 heterocycles. The Morgan fingerprint density at radius 1 is 0.235 bits per heavy atom. The predicted octanol–water partition coefficient (Wildman–Crippen LogP) is 7.00. The van der Waals surface area contributed by atoms with Gasteiger partial charge in [-0.1, -0.05) is 41.5 Å². The van der Waals surface area contributed by atoms with Crippen LogP contribution in [0.4, 0.5) is 0 Å². The SMILES string of the molecule is CCCN(CCC)CCCCN(CCCCN(CCC)CCC)CCCCN(CCC)CCC. The van der Waals surface area contributed by atoms with Crippen molar-refractivity contribution in [3.63, 3.8) is 0 Å². The van der Waals surface area contributed by atoms with Crippen molar-refractivity contribution in [2.75, 3.05) is 78.5 Å². The fraction of sp³-hybridized carbons (Fsp3) is 1.00. The van der Waals surface area contributed by atoms with Gasteiger partial charge in [-0.2, -0.15) is 0 Å². The van der Waals surface area contributed by atoms with E-state index >= 15 is 0 Å².